The van der Waals surface area contributed by atoms with Crippen molar-refractivity contribution < 1.29 is 84.3 Å². The summed E-state index contributed by atoms with van der Waals surface area (Å²) >= 11 is 0. The summed E-state index contributed by atoms with van der Waals surface area (Å²) < 4.78 is 83.0. The zero-order valence-corrected chi connectivity index (χ0v) is 64.9. The van der Waals surface area contributed by atoms with Gasteiger partial charge in [-0.1, -0.05) is 252 Å². The van der Waals surface area contributed by atoms with Crippen molar-refractivity contribution in [3.05, 3.63) is 25.3 Å². The molecule has 0 aromatic rings. The Morgan fingerprint density at radius 2 is 0.697 bits per heavy atom. The molecule has 0 fully saturated rings. The average Bonchev–Trinajstić information content (AvgIpc) is 1.05. The molecule has 0 heterocycles. The van der Waals surface area contributed by atoms with E-state index in [2.05, 4.69) is 58.4 Å². The minimum absolute atomic E-state index is 0.0789. The highest BCUT2D eigenvalue weighted by Gasteiger charge is 2.29. The van der Waals surface area contributed by atoms with E-state index in [9.17, 15) is 33.1 Å². The number of urea groups is 1. The molecule has 2 unspecified atom stereocenters. The number of amides is 2. The number of Topliss-reactive ketones (excluding diaryl/α,β-unsaturated/α-hetero) is 1. The molecule has 99 heavy (non-hydrogen) atoms. The number of nitrogens with two attached hydrogens (primary N) is 2. The first-order valence-electron chi connectivity index (χ1n) is 39.0. The molecule has 0 bridgehead atoms. The van der Waals surface area contributed by atoms with Gasteiger partial charge in [0.15, 0.2) is 0 Å². The maximum absolute atomic E-state index is 13.4. The van der Waals surface area contributed by atoms with E-state index in [1.165, 1.54) is 147 Å². The van der Waals surface area contributed by atoms with Crippen molar-refractivity contribution in [2.24, 2.45) is 11.5 Å². The first-order valence-corrected chi connectivity index (χ1v) is 42.0. The maximum Gasteiger partial charge on any atom is 0.475 e. The van der Waals surface area contributed by atoms with Crippen molar-refractivity contribution in [2.45, 2.75) is 348 Å². The van der Waals surface area contributed by atoms with E-state index in [1.54, 1.807) is 0 Å². The summed E-state index contributed by atoms with van der Waals surface area (Å²) in [5.41, 5.74) is 12.5. The number of phosphoric acid groups is 2. The standard InChI is InChI=1S/C61H120N4O15P2.C14H26O3/c1-7-13-17-21-23-25-27-31-35-39-59(66)79-57(37-33-29-19-15-9-3)41-47-71-51-55(62)53-77-81(69,73-45-11-5)75-49-43-64-61(68)65-44-50-76-82(70,74-46-12-6)78-54-56(63)52-72-48-42-58(38-34-30-20-16-10-4)80-60(67)40-36-32-28-26-24-22-18-14-8-2;1-2-3-4-5-6-7-8-9-10-11-13(15)12-14(16)17/h11-12,55-58H,5-10,13-54,62-63H2,1-4H3,(H2,64,65,68);2-12H2,1H3,(H,16,17)/t55-,56-,57-,58-,81?,82?;/m1./s1. The van der Waals surface area contributed by atoms with Gasteiger partial charge in [0, 0.05) is 45.2 Å². The number of hydrogen-bond acceptors (Lipinski definition) is 19. The smallest absolute Gasteiger partial charge is 0.475 e. The van der Waals surface area contributed by atoms with Gasteiger partial charge in [-0.3, -0.25) is 46.3 Å². The third-order valence-electron chi connectivity index (χ3n) is 16.4. The van der Waals surface area contributed by atoms with E-state index in [1.807, 2.05) is 0 Å². The lowest BCUT2D eigenvalue weighted by atomic mass is 10.0. The van der Waals surface area contributed by atoms with Crippen LogP contribution in [0.15, 0.2) is 25.3 Å². The highest BCUT2D eigenvalue weighted by Crippen LogP contribution is 2.50. The van der Waals surface area contributed by atoms with Crippen LogP contribution in [0.2, 0.25) is 0 Å². The monoisotopic (exact) mass is 1450 g/mol. The lowest BCUT2D eigenvalue weighted by molar-refractivity contribution is -0.151. The van der Waals surface area contributed by atoms with Gasteiger partial charge in [0.25, 0.3) is 0 Å². The molecular weight excluding hydrogens is 1310 g/mol. The zero-order chi connectivity index (χ0) is 73.4. The molecule has 0 saturated heterocycles. The van der Waals surface area contributed by atoms with Crippen LogP contribution in [-0.2, 0) is 74.4 Å². The number of nitrogens with one attached hydrogen (secondary N) is 2. The Kier molecular flexibility index (Phi) is 72.4. The maximum atomic E-state index is 13.4. The predicted molar refractivity (Wildman–Crippen MR) is 399 cm³/mol. The number of carboxylic acids is 1. The summed E-state index contributed by atoms with van der Waals surface area (Å²) in [6.07, 6.45) is 49.2. The Morgan fingerprint density at radius 1 is 0.394 bits per heavy atom. The molecule has 584 valence electrons. The van der Waals surface area contributed by atoms with Gasteiger partial charge in [-0.15, -0.1) is 13.2 Å². The Bertz CT molecular complexity index is 1900. The van der Waals surface area contributed by atoms with Crippen molar-refractivity contribution in [1.29, 1.82) is 0 Å². The van der Waals surface area contributed by atoms with Crippen LogP contribution in [0.5, 0.6) is 0 Å². The third-order valence-corrected chi connectivity index (χ3v) is 19.3. The number of ether oxygens (including phenoxy) is 4. The minimum Gasteiger partial charge on any atom is -0.481 e. The number of ketones is 1. The third kappa shape index (κ3) is 70.3. The van der Waals surface area contributed by atoms with E-state index >= 15 is 0 Å². The summed E-state index contributed by atoms with van der Waals surface area (Å²) in [5.74, 6) is -1.46. The number of rotatable bonds is 76. The van der Waals surface area contributed by atoms with Crippen molar-refractivity contribution >= 4 is 45.4 Å². The van der Waals surface area contributed by atoms with E-state index in [4.69, 9.17) is 62.7 Å². The van der Waals surface area contributed by atoms with Gasteiger partial charge in [0.1, 0.15) is 24.4 Å². The second-order valence-electron chi connectivity index (χ2n) is 26.2. The number of carbonyl (C=O) groups is 5. The lowest BCUT2D eigenvalue weighted by Crippen LogP contribution is -2.38. The molecule has 0 saturated carbocycles. The quantitative estimate of drug-likeness (QED) is 0.0124. The molecule has 0 aromatic carbocycles. The molecule has 0 radical (unpaired) electrons. The molecule has 0 spiro atoms. The van der Waals surface area contributed by atoms with E-state index in [0.717, 1.165) is 116 Å². The number of carboxylic acid groups (broad SMARTS) is 1. The highest BCUT2D eigenvalue weighted by atomic mass is 31.2. The van der Waals surface area contributed by atoms with Crippen LogP contribution in [-0.4, -0.2) is 138 Å². The van der Waals surface area contributed by atoms with Crippen molar-refractivity contribution in [3.63, 3.8) is 0 Å². The van der Waals surface area contributed by atoms with Crippen molar-refractivity contribution in [1.82, 2.24) is 10.6 Å². The van der Waals surface area contributed by atoms with Gasteiger partial charge in [0.05, 0.1) is 78.2 Å². The van der Waals surface area contributed by atoms with Crippen LogP contribution >= 0.6 is 15.6 Å². The van der Waals surface area contributed by atoms with Gasteiger partial charge in [0.2, 0.25) is 0 Å². The van der Waals surface area contributed by atoms with E-state index < -0.39 is 39.7 Å². The number of aliphatic carboxylic acids is 1. The summed E-state index contributed by atoms with van der Waals surface area (Å²) in [5, 5.41) is 13.5. The van der Waals surface area contributed by atoms with Crippen LogP contribution in [0.4, 0.5) is 4.79 Å². The number of hydrogen-bond donors (Lipinski definition) is 5. The first kappa shape index (κ1) is 97.9. The lowest BCUT2D eigenvalue weighted by Gasteiger charge is -2.21. The fraction of sp³-hybridized carbons (Fsp3) is 0.880. The fourth-order valence-electron chi connectivity index (χ4n) is 10.6. The van der Waals surface area contributed by atoms with Crippen molar-refractivity contribution in [2.75, 3.05) is 79.2 Å². The molecule has 6 atom stereocenters. The topological polar surface area (TPSA) is 308 Å². The molecule has 0 aliphatic heterocycles. The molecule has 24 heteroatoms. The van der Waals surface area contributed by atoms with Crippen LogP contribution in [0.1, 0.15) is 324 Å². The Morgan fingerprint density at radius 3 is 1.01 bits per heavy atom. The van der Waals surface area contributed by atoms with Gasteiger partial charge in [-0.25, -0.2) is 13.9 Å². The Labute approximate surface area is 601 Å². The van der Waals surface area contributed by atoms with Gasteiger partial charge in [-0.2, -0.15) is 0 Å². The highest BCUT2D eigenvalue weighted by molar-refractivity contribution is 7.48. The second kappa shape index (κ2) is 73.2. The van der Waals surface area contributed by atoms with Gasteiger partial charge < -0.3 is 46.2 Å². The van der Waals surface area contributed by atoms with Crippen molar-refractivity contribution in [3.8, 4) is 0 Å². The minimum atomic E-state index is -4.12. The fourth-order valence-corrected chi connectivity index (χ4v) is 13.0. The molecule has 7 N–H and O–H groups in total. The van der Waals surface area contributed by atoms with Crippen LogP contribution in [0.3, 0.4) is 0 Å². The molecule has 22 nitrogen and oxygen atoms in total. The molecule has 0 aliphatic carbocycles. The normalized spacial score (nSPS) is 13.8. The number of carbonyl (C=O) groups excluding carboxylic acids is 4. The Balaban J connectivity index is 0. The number of esters is 2. The molecule has 0 aromatic heterocycles. The largest absolute Gasteiger partial charge is 0.481 e. The van der Waals surface area contributed by atoms with Gasteiger partial charge >= 0.3 is 39.6 Å². The molecule has 2 amide bonds. The Hall–Kier alpha value is -3.11. The van der Waals surface area contributed by atoms with Gasteiger partial charge in [-0.05, 0) is 44.9 Å². The van der Waals surface area contributed by atoms with Crippen LogP contribution < -0.4 is 22.1 Å². The summed E-state index contributed by atoms with van der Waals surface area (Å²) in [6.45, 7) is 17.7. The van der Waals surface area contributed by atoms with E-state index in [-0.39, 0.29) is 102 Å². The predicted octanol–water partition coefficient (Wildman–Crippen LogP) is 18.8. The SMILES string of the molecule is C=CCOP(=O)(OCCNC(=O)NCCOP(=O)(OCC=C)OC[C@H](N)COCC[C@@H](CCCCCCC)OC(=O)CCCCCCCCCCC)OC[C@H](N)COCC[C@@H](CCCCCCC)OC(=O)CCCCCCCCCCC.CCCCCCCCCCCC(=O)CC(=O)O. The average molecular weight is 1450 g/mol. The molecular formula is C75H146N4O18P2. The summed E-state index contributed by atoms with van der Waals surface area (Å²) in [6, 6.07) is -1.96. The number of phosphoric ester groups is 2. The first-order chi connectivity index (χ1) is 47.9. The summed E-state index contributed by atoms with van der Waals surface area (Å²) in [7, 11) is -8.24. The summed E-state index contributed by atoms with van der Waals surface area (Å²) in [4.78, 5) is 59.4. The number of unbranched alkanes of at least 4 members (excludes halogenated alkanes) is 32. The molecule has 0 aliphatic rings. The van der Waals surface area contributed by atoms with E-state index in [0.29, 0.717) is 45.3 Å². The zero-order valence-electron chi connectivity index (χ0n) is 63.1. The second-order valence-corrected chi connectivity index (χ2v) is 29.6. The van der Waals surface area contributed by atoms with Crippen LogP contribution in [0, 0.1) is 0 Å². The van der Waals surface area contributed by atoms with Crippen LogP contribution in [0.25, 0.3) is 0 Å². The molecule has 0 rings (SSSR count).